The Balaban J connectivity index is 2.40. The predicted molar refractivity (Wildman–Crippen MR) is 162 cm³/mol. The average molecular weight is 533 g/mol. The van der Waals surface area contributed by atoms with Gasteiger partial charge in [-0.1, -0.05) is 135 Å². The van der Waals surface area contributed by atoms with Crippen LogP contribution < -0.4 is 0 Å². The van der Waals surface area contributed by atoms with Crippen LogP contribution in [0.5, 0.6) is 0 Å². The zero-order chi connectivity index (χ0) is 22.2. The van der Waals surface area contributed by atoms with E-state index in [1.54, 1.807) is 0 Å². The van der Waals surface area contributed by atoms with Gasteiger partial charge in [-0.3, -0.25) is 0 Å². The summed E-state index contributed by atoms with van der Waals surface area (Å²) < 4.78 is -3.41. The van der Waals surface area contributed by atoms with Crippen molar-refractivity contribution in [2.24, 2.45) is 0 Å². The Labute approximate surface area is 213 Å². The third kappa shape index (κ3) is 17.6. The Morgan fingerprint density at radius 3 is 0.633 bits per heavy atom. The molecule has 0 N–H and O–H groups in total. The second-order valence-corrected chi connectivity index (χ2v) is 36.1. The minimum atomic E-state index is -3.41. The first-order valence-corrected chi connectivity index (χ1v) is 20.7. The summed E-state index contributed by atoms with van der Waals surface area (Å²) >= 11 is 24.2. The van der Waals surface area contributed by atoms with E-state index in [-0.39, 0.29) is 5.25 Å². The first kappa shape index (κ1) is 30.1. The van der Waals surface area contributed by atoms with Gasteiger partial charge in [0.25, 0.3) is 0 Å². The highest BCUT2D eigenvalue weighted by Gasteiger charge is 2.49. The highest BCUT2D eigenvalue weighted by Crippen LogP contribution is 3.10. The molecule has 0 spiro atoms. The molecule has 0 unspecified atom stereocenters. The van der Waals surface area contributed by atoms with Crippen molar-refractivity contribution in [1.29, 1.82) is 0 Å². The molecule has 0 amide bonds. The van der Waals surface area contributed by atoms with Crippen molar-refractivity contribution in [2.75, 3.05) is 0 Å². The standard InChI is InChI=1S/C24H52S6/c25-30(26,27,28,29)24-22-20-18-16-14-12-10-8-6-4-2-1-3-5-7-9-11-13-15-17-19-21-23-24/h24-29H,1-23H2. The molecule has 0 heterocycles. The molecule has 0 aliphatic heterocycles. The summed E-state index contributed by atoms with van der Waals surface area (Å²) in [6.07, 6.45) is 31.5. The molecule has 1 aliphatic rings. The molecular weight excluding hydrogens is 481 g/mol. The van der Waals surface area contributed by atoms with E-state index in [0.29, 0.717) is 0 Å². The molecule has 1 saturated carbocycles. The normalized spacial score (nSPS) is 25.5. The van der Waals surface area contributed by atoms with E-state index in [4.69, 9.17) is 58.3 Å². The topological polar surface area (TPSA) is 0 Å². The fourth-order valence-corrected chi connectivity index (χ4v) is 9.32. The highest BCUT2D eigenvalue weighted by molar-refractivity contribution is 9.90. The first-order chi connectivity index (χ1) is 14.1. The van der Waals surface area contributed by atoms with Crippen LogP contribution in [0.15, 0.2) is 0 Å². The summed E-state index contributed by atoms with van der Waals surface area (Å²) in [7, 11) is 0. The van der Waals surface area contributed by atoms with Gasteiger partial charge in [-0.2, -0.15) is 0 Å². The van der Waals surface area contributed by atoms with E-state index in [1.165, 1.54) is 135 Å². The molecular formula is C24H52S6. The lowest BCUT2D eigenvalue weighted by Gasteiger charge is -2.65. The molecule has 0 aromatic rings. The Morgan fingerprint density at radius 1 is 0.300 bits per heavy atom. The molecule has 0 bridgehead atoms. The first-order valence-electron chi connectivity index (χ1n) is 13.0. The van der Waals surface area contributed by atoms with Crippen LogP contribution in [-0.2, 0) is 0 Å². The van der Waals surface area contributed by atoms with Crippen LogP contribution in [0.25, 0.3) is 0 Å². The number of rotatable bonds is 1. The summed E-state index contributed by atoms with van der Waals surface area (Å²) in [5.41, 5.74) is 0. The van der Waals surface area contributed by atoms with Crippen molar-refractivity contribution in [2.45, 2.75) is 153 Å². The van der Waals surface area contributed by atoms with E-state index in [1.807, 2.05) is 0 Å². The minimum Gasteiger partial charge on any atom is -0.112 e. The van der Waals surface area contributed by atoms with Crippen molar-refractivity contribution in [1.82, 2.24) is 0 Å². The average Bonchev–Trinajstić information content (AvgIpc) is 2.64. The summed E-state index contributed by atoms with van der Waals surface area (Å²) in [4.78, 5) is 0. The second kappa shape index (κ2) is 15.2. The molecule has 0 atom stereocenters. The minimum absolute atomic E-state index is 0.275. The van der Waals surface area contributed by atoms with Crippen LogP contribution in [0.3, 0.4) is 0 Å². The van der Waals surface area contributed by atoms with Gasteiger partial charge in [-0.15, -0.1) is 61.8 Å². The number of hydrogen-bond donors (Lipinski definition) is 5. The molecule has 0 aromatic heterocycles. The van der Waals surface area contributed by atoms with Crippen molar-refractivity contribution >= 4 is 61.8 Å². The van der Waals surface area contributed by atoms with E-state index in [0.717, 1.165) is 12.8 Å². The molecule has 0 radical (unpaired) electrons. The highest BCUT2D eigenvalue weighted by atomic mass is 34.3. The van der Waals surface area contributed by atoms with Gasteiger partial charge >= 0.3 is 0 Å². The lowest BCUT2D eigenvalue weighted by molar-refractivity contribution is 0.507. The Morgan fingerprint density at radius 2 is 0.467 bits per heavy atom. The largest absolute Gasteiger partial charge is 0.112 e. The Hall–Kier alpha value is 2.10. The monoisotopic (exact) mass is 532 g/mol. The fraction of sp³-hybridized carbons (Fsp3) is 1.00. The molecule has 1 rings (SSSR count). The molecule has 0 nitrogen and oxygen atoms in total. The predicted octanol–water partition coefficient (Wildman–Crippen LogP) is 11.4. The van der Waals surface area contributed by atoms with Crippen molar-refractivity contribution in [3.63, 3.8) is 0 Å². The van der Waals surface area contributed by atoms with Crippen LogP contribution >= 0.6 is 61.8 Å². The third-order valence-corrected chi connectivity index (χ3v) is 13.2. The smallest absolute Gasteiger partial charge is 0.0140 e. The van der Waals surface area contributed by atoms with E-state index < -0.39 is 3.45 Å². The van der Waals surface area contributed by atoms with E-state index >= 15 is 0 Å². The van der Waals surface area contributed by atoms with Gasteiger partial charge in [0.05, 0.1) is 0 Å². The summed E-state index contributed by atoms with van der Waals surface area (Å²) in [5, 5.41) is 0.275. The van der Waals surface area contributed by atoms with Crippen LogP contribution in [0.1, 0.15) is 148 Å². The molecule has 0 aromatic carbocycles. The van der Waals surface area contributed by atoms with Crippen molar-refractivity contribution < 1.29 is 0 Å². The third-order valence-electron chi connectivity index (χ3n) is 6.80. The lowest BCUT2D eigenvalue weighted by atomic mass is 10.0. The SMILES string of the molecule is SS(S)(S)(S)(S)C1CCCCCCCCCCCCCCCCCCCCCCC1. The summed E-state index contributed by atoms with van der Waals surface area (Å²) in [5.74, 6) is 0. The van der Waals surface area contributed by atoms with Crippen LogP contribution in [-0.4, -0.2) is 5.25 Å². The fourth-order valence-electron chi connectivity index (χ4n) is 4.77. The Kier molecular flexibility index (Phi) is 15.2. The van der Waals surface area contributed by atoms with E-state index in [9.17, 15) is 0 Å². The molecule has 184 valence electrons. The zero-order valence-electron chi connectivity index (χ0n) is 19.5. The van der Waals surface area contributed by atoms with Gasteiger partial charge in [-0.25, -0.2) is 0 Å². The summed E-state index contributed by atoms with van der Waals surface area (Å²) in [6, 6.07) is 0. The van der Waals surface area contributed by atoms with Gasteiger partial charge in [0.2, 0.25) is 0 Å². The second-order valence-electron chi connectivity index (χ2n) is 9.97. The van der Waals surface area contributed by atoms with Gasteiger partial charge in [0.15, 0.2) is 0 Å². The van der Waals surface area contributed by atoms with Crippen molar-refractivity contribution in [3.05, 3.63) is 0 Å². The van der Waals surface area contributed by atoms with Crippen LogP contribution in [0.2, 0.25) is 0 Å². The molecule has 6 heteroatoms. The van der Waals surface area contributed by atoms with Crippen molar-refractivity contribution in [3.8, 4) is 0 Å². The molecule has 0 saturated heterocycles. The van der Waals surface area contributed by atoms with E-state index in [2.05, 4.69) is 0 Å². The maximum Gasteiger partial charge on any atom is 0.0140 e. The zero-order valence-corrected chi connectivity index (χ0v) is 24.8. The number of thiol groups is 5. The maximum atomic E-state index is 4.83. The van der Waals surface area contributed by atoms with Crippen LogP contribution in [0, 0.1) is 0 Å². The van der Waals surface area contributed by atoms with Gasteiger partial charge in [-0.05, 0) is 12.8 Å². The van der Waals surface area contributed by atoms with Crippen LogP contribution in [0.4, 0.5) is 0 Å². The lowest BCUT2D eigenvalue weighted by Crippen LogP contribution is -2.21. The molecule has 1 fully saturated rings. The Bertz CT molecular complexity index is 392. The van der Waals surface area contributed by atoms with Gasteiger partial charge in [0, 0.05) is 5.25 Å². The van der Waals surface area contributed by atoms with Gasteiger partial charge < -0.3 is 0 Å². The maximum absolute atomic E-state index is 4.83. The number of hydrogen-bond acceptors (Lipinski definition) is 5. The molecule has 30 heavy (non-hydrogen) atoms. The van der Waals surface area contributed by atoms with Gasteiger partial charge in [0.1, 0.15) is 0 Å². The quantitative estimate of drug-likeness (QED) is 0.161. The summed E-state index contributed by atoms with van der Waals surface area (Å²) in [6.45, 7) is 0. The molecule has 1 aliphatic carbocycles.